The first-order chi connectivity index (χ1) is 10.8. The molecule has 2 rings (SSSR count). The molecule has 1 heterocycles. The minimum Gasteiger partial charge on any atom is -0.336 e. The summed E-state index contributed by atoms with van der Waals surface area (Å²) in [6.07, 6.45) is -4.42. The van der Waals surface area contributed by atoms with Crippen LogP contribution in [0.25, 0.3) is 0 Å². The van der Waals surface area contributed by atoms with Crippen LogP contribution in [0, 0.1) is 5.82 Å². The van der Waals surface area contributed by atoms with Crippen LogP contribution in [-0.4, -0.2) is 61.7 Å². The molecule has 23 heavy (non-hydrogen) atoms. The van der Waals surface area contributed by atoms with Crippen molar-refractivity contribution in [3.63, 3.8) is 0 Å². The summed E-state index contributed by atoms with van der Waals surface area (Å²) >= 11 is 0. The number of amides is 1. The molecule has 1 aromatic rings. The Labute approximate surface area is 132 Å². The third kappa shape index (κ3) is 5.18. The number of likely N-dealkylation sites (N-methyl/N-ethyl adjacent to an activating group) is 1. The molecule has 1 aromatic carbocycles. The molecule has 4 nitrogen and oxygen atoms in total. The SMILES string of the molecule is CN(CC(F)(F)F)C(=O)CN1CCNCC1c1cccc(F)c1. The number of carbonyl (C=O) groups excluding carboxylic acids is 1. The molecule has 1 N–H and O–H groups in total. The number of halogens is 4. The van der Waals surface area contributed by atoms with Gasteiger partial charge in [-0.05, 0) is 17.7 Å². The van der Waals surface area contributed by atoms with Crippen molar-refractivity contribution in [2.24, 2.45) is 0 Å². The van der Waals surface area contributed by atoms with Gasteiger partial charge in [0.25, 0.3) is 0 Å². The van der Waals surface area contributed by atoms with Crippen molar-refractivity contribution in [3.05, 3.63) is 35.6 Å². The molecule has 0 bridgehead atoms. The molecule has 1 aliphatic heterocycles. The largest absolute Gasteiger partial charge is 0.406 e. The van der Waals surface area contributed by atoms with E-state index in [9.17, 15) is 22.4 Å². The summed E-state index contributed by atoms with van der Waals surface area (Å²) in [6.45, 7) is 0.243. The lowest BCUT2D eigenvalue weighted by Gasteiger charge is -2.36. The number of carbonyl (C=O) groups is 1. The predicted molar refractivity (Wildman–Crippen MR) is 77.3 cm³/mol. The van der Waals surface area contributed by atoms with Gasteiger partial charge in [-0.1, -0.05) is 12.1 Å². The van der Waals surface area contributed by atoms with E-state index in [1.807, 2.05) is 0 Å². The monoisotopic (exact) mass is 333 g/mol. The Bertz CT molecular complexity index is 550. The van der Waals surface area contributed by atoms with E-state index in [0.29, 0.717) is 30.1 Å². The molecule has 1 unspecified atom stereocenters. The maximum Gasteiger partial charge on any atom is 0.406 e. The van der Waals surface area contributed by atoms with Crippen LogP contribution in [0.15, 0.2) is 24.3 Å². The van der Waals surface area contributed by atoms with E-state index in [1.54, 1.807) is 17.0 Å². The van der Waals surface area contributed by atoms with Gasteiger partial charge in [0, 0.05) is 32.7 Å². The number of nitrogens with one attached hydrogen (secondary N) is 1. The summed E-state index contributed by atoms with van der Waals surface area (Å²) in [5, 5.41) is 3.15. The normalized spacial score (nSPS) is 19.6. The van der Waals surface area contributed by atoms with Crippen LogP contribution < -0.4 is 5.32 Å². The van der Waals surface area contributed by atoms with Crippen LogP contribution in [0.3, 0.4) is 0 Å². The average Bonchev–Trinajstić information content (AvgIpc) is 2.46. The maximum atomic E-state index is 13.4. The lowest BCUT2D eigenvalue weighted by atomic mass is 10.0. The third-order valence-electron chi connectivity index (χ3n) is 3.77. The Balaban J connectivity index is 2.05. The summed E-state index contributed by atoms with van der Waals surface area (Å²) in [6, 6.07) is 5.79. The van der Waals surface area contributed by atoms with Crippen molar-refractivity contribution in [2.45, 2.75) is 12.2 Å². The minimum absolute atomic E-state index is 0.130. The Morgan fingerprint density at radius 2 is 2.17 bits per heavy atom. The van der Waals surface area contributed by atoms with Gasteiger partial charge < -0.3 is 10.2 Å². The van der Waals surface area contributed by atoms with E-state index in [1.165, 1.54) is 12.1 Å². The van der Waals surface area contributed by atoms with Gasteiger partial charge in [-0.3, -0.25) is 9.69 Å². The molecule has 0 radical (unpaired) electrons. The van der Waals surface area contributed by atoms with E-state index in [0.717, 1.165) is 7.05 Å². The maximum absolute atomic E-state index is 13.4. The van der Waals surface area contributed by atoms with Gasteiger partial charge in [0.05, 0.1) is 6.54 Å². The van der Waals surface area contributed by atoms with Gasteiger partial charge in [0.2, 0.25) is 5.91 Å². The van der Waals surface area contributed by atoms with Crippen molar-refractivity contribution in [1.29, 1.82) is 0 Å². The fraction of sp³-hybridized carbons (Fsp3) is 0.533. The van der Waals surface area contributed by atoms with E-state index in [4.69, 9.17) is 0 Å². The number of alkyl halides is 3. The van der Waals surface area contributed by atoms with Crippen molar-refractivity contribution >= 4 is 5.91 Å². The average molecular weight is 333 g/mol. The van der Waals surface area contributed by atoms with Crippen molar-refractivity contribution in [3.8, 4) is 0 Å². The first-order valence-electron chi connectivity index (χ1n) is 7.27. The van der Waals surface area contributed by atoms with Crippen molar-refractivity contribution in [1.82, 2.24) is 15.1 Å². The summed E-state index contributed by atoms with van der Waals surface area (Å²) in [5.74, 6) is -0.987. The van der Waals surface area contributed by atoms with Gasteiger partial charge >= 0.3 is 6.18 Å². The first-order valence-corrected chi connectivity index (χ1v) is 7.27. The van der Waals surface area contributed by atoms with E-state index in [2.05, 4.69) is 5.32 Å². The molecule has 1 saturated heterocycles. The van der Waals surface area contributed by atoms with Crippen LogP contribution in [-0.2, 0) is 4.79 Å². The second-order valence-electron chi connectivity index (χ2n) is 5.61. The fourth-order valence-electron chi connectivity index (χ4n) is 2.63. The summed E-state index contributed by atoms with van der Waals surface area (Å²) in [5.41, 5.74) is 0.698. The van der Waals surface area contributed by atoms with Gasteiger partial charge in [0.15, 0.2) is 0 Å². The summed E-state index contributed by atoms with van der Waals surface area (Å²) in [7, 11) is 1.13. The van der Waals surface area contributed by atoms with Crippen molar-refractivity contribution in [2.75, 3.05) is 39.8 Å². The van der Waals surface area contributed by atoms with E-state index < -0.39 is 18.6 Å². The highest BCUT2D eigenvalue weighted by Gasteiger charge is 2.33. The Kier molecular flexibility index (Phi) is 5.59. The van der Waals surface area contributed by atoms with Crippen LogP contribution in [0.1, 0.15) is 11.6 Å². The summed E-state index contributed by atoms with van der Waals surface area (Å²) in [4.78, 5) is 14.5. The molecule has 1 aliphatic rings. The Morgan fingerprint density at radius 3 is 2.83 bits per heavy atom. The molecular weight excluding hydrogens is 314 g/mol. The number of benzene rings is 1. The highest BCUT2D eigenvalue weighted by Crippen LogP contribution is 2.23. The molecule has 0 spiro atoms. The molecule has 128 valence electrons. The molecule has 0 aromatic heterocycles. The number of nitrogens with zero attached hydrogens (tertiary/aromatic N) is 2. The van der Waals surface area contributed by atoms with E-state index in [-0.39, 0.29) is 18.4 Å². The number of hydrogen-bond acceptors (Lipinski definition) is 3. The Morgan fingerprint density at radius 1 is 1.43 bits per heavy atom. The first kappa shape index (κ1) is 17.7. The smallest absolute Gasteiger partial charge is 0.336 e. The molecule has 0 saturated carbocycles. The molecule has 1 atom stereocenters. The standard InChI is InChI=1S/C15H19F4N3O/c1-21(10-15(17,18)19)14(23)9-22-6-5-20-8-13(22)11-3-2-4-12(16)7-11/h2-4,7,13,20H,5-6,8-10H2,1H3. The van der Waals surface area contributed by atoms with Crippen LogP contribution >= 0.6 is 0 Å². The van der Waals surface area contributed by atoms with Crippen LogP contribution in [0.2, 0.25) is 0 Å². The Hall–Kier alpha value is -1.67. The second kappa shape index (κ2) is 7.27. The third-order valence-corrected chi connectivity index (χ3v) is 3.77. The lowest BCUT2D eigenvalue weighted by molar-refractivity contribution is -0.159. The highest BCUT2D eigenvalue weighted by atomic mass is 19.4. The molecule has 1 fully saturated rings. The lowest BCUT2D eigenvalue weighted by Crippen LogP contribution is -2.50. The molecule has 0 aliphatic carbocycles. The zero-order valence-electron chi connectivity index (χ0n) is 12.7. The quantitative estimate of drug-likeness (QED) is 0.854. The molecule has 8 heteroatoms. The van der Waals surface area contributed by atoms with Gasteiger partial charge in [-0.2, -0.15) is 13.2 Å². The van der Waals surface area contributed by atoms with Gasteiger partial charge in [-0.25, -0.2) is 4.39 Å². The molecular formula is C15H19F4N3O. The van der Waals surface area contributed by atoms with Crippen LogP contribution in [0.5, 0.6) is 0 Å². The zero-order valence-corrected chi connectivity index (χ0v) is 12.7. The fourth-order valence-corrected chi connectivity index (χ4v) is 2.63. The van der Waals surface area contributed by atoms with Gasteiger partial charge in [0.1, 0.15) is 12.4 Å². The van der Waals surface area contributed by atoms with Crippen LogP contribution in [0.4, 0.5) is 17.6 Å². The molecule has 1 amide bonds. The predicted octanol–water partition coefficient (Wildman–Crippen LogP) is 1.79. The highest BCUT2D eigenvalue weighted by molar-refractivity contribution is 5.78. The number of hydrogen-bond donors (Lipinski definition) is 1. The topological polar surface area (TPSA) is 35.6 Å². The number of piperazine rings is 1. The second-order valence-corrected chi connectivity index (χ2v) is 5.61. The van der Waals surface area contributed by atoms with Gasteiger partial charge in [-0.15, -0.1) is 0 Å². The zero-order chi connectivity index (χ0) is 17.0. The number of rotatable bonds is 4. The van der Waals surface area contributed by atoms with Crippen molar-refractivity contribution < 1.29 is 22.4 Å². The van der Waals surface area contributed by atoms with E-state index >= 15 is 0 Å². The minimum atomic E-state index is -4.42. The summed E-state index contributed by atoms with van der Waals surface area (Å²) < 4.78 is 50.5.